The number of aryl methyl sites for hydroxylation is 1. The van der Waals surface area contributed by atoms with Gasteiger partial charge < -0.3 is 19.4 Å². The lowest BCUT2D eigenvalue weighted by atomic mass is 9.89. The van der Waals surface area contributed by atoms with Crippen molar-refractivity contribution in [3.63, 3.8) is 0 Å². The van der Waals surface area contributed by atoms with Crippen LogP contribution in [-0.2, 0) is 4.74 Å². The van der Waals surface area contributed by atoms with E-state index in [-0.39, 0.29) is 11.7 Å². The van der Waals surface area contributed by atoms with Crippen LogP contribution in [0, 0.1) is 6.92 Å². The molecule has 168 valence electrons. The van der Waals surface area contributed by atoms with Crippen LogP contribution in [0.5, 0.6) is 0 Å². The number of carbonyl (C=O) groups is 1. The largest absolute Gasteiger partial charge is 0.421 e. The molecular formula is C23H28N6O3. The Hall–Kier alpha value is -3.33. The number of fused-ring (bicyclic) bond motifs is 1. The molecule has 1 unspecified atom stereocenters. The van der Waals surface area contributed by atoms with Crippen LogP contribution in [-0.4, -0.2) is 59.8 Å². The first-order valence-corrected chi connectivity index (χ1v) is 10.8. The van der Waals surface area contributed by atoms with Gasteiger partial charge in [0, 0.05) is 52.4 Å². The first-order valence-electron chi connectivity index (χ1n) is 10.8. The van der Waals surface area contributed by atoms with E-state index in [2.05, 4.69) is 37.6 Å². The first kappa shape index (κ1) is 21.9. The van der Waals surface area contributed by atoms with E-state index in [4.69, 9.17) is 9.15 Å². The third kappa shape index (κ3) is 4.94. The number of nitrogens with zero attached hydrogens (tertiary/aromatic N) is 5. The fraction of sp³-hybridized carbons (Fsp3) is 0.435. The summed E-state index contributed by atoms with van der Waals surface area (Å²) in [6, 6.07) is 8.16. The molecular weight excluding hydrogens is 408 g/mol. The summed E-state index contributed by atoms with van der Waals surface area (Å²) in [4.78, 5) is 24.0. The van der Waals surface area contributed by atoms with Crippen molar-refractivity contribution >= 4 is 17.5 Å². The molecule has 9 nitrogen and oxygen atoms in total. The van der Waals surface area contributed by atoms with Gasteiger partial charge in [-0.15, -0.1) is 10.2 Å². The molecule has 0 radical (unpaired) electrons. The molecule has 0 aliphatic carbocycles. The minimum absolute atomic E-state index is 0.0610. The molecule has 9 heteroatoms. The topological polar surface area (TPSA) is 106 Å². The summed E-state index contributed by atoms with van der Waals surface area (Å²) < 4.78 is 10.6. The van der Waals surface area contributed by atoms with E-state index in [1.807, 2.05) is 24.1 Å². The van der Waals surface area contributed by atoms with Gasteiger partial charge in [0.15, 0.2) is 5.78 Å². The zero-order chi connectivity index (χ0) is 22.5. The van der Waals surface area contributed by atoms with Crippen molar-refractivity contribution in [1.82, 2.24) is 20.2 Å². The summed E-state index contributed by atoms with van der Waals surface area (Å²) >= 11 is 0. The summed E-state index contributed by atoms with van der Waals surface area (Å²) in [6.45, 7) is 3.70. The summed E-state index contributed by atoms with van der Waals surface area (Å²) in [5, 5.41) is 11.2. The summed E-state index contributed by atoms with van der Waals surface area (Å²) in [7, 11) is 3.62. The van der Waals surface area contributed by atoms with Crippen LogP contribution in [0.3, 0.4) is 0 Å². The van der Waals surface area contributed by atoms with Gasteiger partial charge >= 0.3 is 0 Å². The molecule has 0 bridgehead atoms. The summed E-state index contributed by atoms with van der Waals surface area (Å²) in [5.74, 6) is 2.50. The van der Waals surface area contributed by atoms with Crippen molar-refractivity contribution in [3.8, 4) is 11.5 Å². The molecule has 2 aromatic heterocycles. The van der Waals surface area contributed by atoms with Crippen molar-refractivity contribution in [2.45, 2.75) is 32.1 Å². The van der Waals surface area contributed by atoms with E-state index in [0.29, 0.717) is 48.7 Å². The molecule has 0 fully saturated rings. The molecule has 1 atom stereocenters. The first-order chi connectivity index (χ1) is 15.5. The van der Waals surface area contributed by atoms with Crippen molar-refractivity contribution in [1.29, 1.82) is 0 Å². The standard InChI is InChI=1S/C23H28N6O3/c1-15-27-28-22(32-15)18-6-4-5-17(13-18)16-7-8-20(30)19-14-25-23(24-10-12-31-3)26-21(19)29(2)11-9-16/h4-6,13-14,16H,7-12H2,1-3H3,(H,24,25,26). The van der Waals surface area contributed by atoms with Crippen LogP contribution < -0.4 is 10.2 Å². The Bertz CT molecular complexity index is 1080. The maximum absolute atomic E-state index is 13.0. The van der Waals surface area contributed by atoms with E-state index < -0.39 is 0 Å². The van der Waals surface area contributed by atoms with Gasteiger partial charge in [0.05, 0.1) is 12.2 Å². The monoisotopic (exact) mass is 436 g/mol. The minimum atomic E-state index is 0.0610. The van der Waals surface area contributed by atoms with Gasteiger partial charge in [-0.2, -0.15) is 4.98 Å². The Labute approximate surface area is 187 Å². The minimum Gasteiger partial charge on any atom is -0.421 e. The Morgan fingerprint density at radius 2 is 2.16 bits per heavy atom. The van der Waals surface area contributed by atoms with Gasteiger partial charge in [-0.25, -0.2) is 4.98 Å². The Kier molecular flexibility index (Phi) is 6.75. The number of rotatable bonds is 6. The maximum atomic E-state index is 13.0. The number of ketones is 1. The molecule has 1 aromatic carbocycles. The second-order valence-electron chi connectivity index (χ2n) is 7.97. The van der Waals surface area contributed by atoms with E-state index in [9.17, 15) is 4.79 Å². The van der Waals surface area contributed by atoms with E-state index in [1.54, 1.807) is 20.2 Å². The zero-order valence-corrected chi connectivity index (χ0v) is 18.7. The number of ether oxygens (including phenoxy) is 1. The molecule has 4 rings (SSSR count). The average molecular weight is 437 g/mol. The lowest BCUT2D eigenvalue weighted by Gasteiger charge is -2.22. The molecule has 3 aromatic rings. The highest BCUT2D eigenvalue weighted by Crippen LogP contribution is 2.32. The van der Waals surface area contributed by atoms with Crippen LogP contribution in [0.15, 0.2) is 34.9 Å². The number of hydrogen-bond acceptors (Lipinski definition) is 9. The highest BCUT2D eigenvalue weighted by molar-refractivity contribution is 6.00. The second kappa shape index (κ2) is 9.86. The van der Waals surface area contributed by atoms with E-state index in [0.717, 1.165) is 24.9 Å². The normalized spacial score (nSPS) is 16.8. The fourth-order valence-corrected chi connectivity index (χ4v) is 3.92. The average Bonchev–Trinajstić information content (AvgIpc) is 3.26. The number of aromatic nitrogens is 4. The molecule has 32 heavy (non-hydrogen) atoms. The molecule has 0 spiro atoms. The van der Waals surface area contributed by atoms with Crippen molar-refractivity contribution in [3.05, 3.63) is 47.5 Å². The molecule has 0 saturated carbocycles. The Balaban J connectivity index is 1.55. The van der Waals surface area contributed by atoms with Gasteiger partial charge in [-0.1, -0.05) is 12.1 Å². The maximum Gasteiger partial charge on any atom is 0.247 e. The number of Topliss-reactive ketones (excluding diaryl/α,β-unsaturated/α-hetero) is 1. The lowest BCUT2D eigenvalue weighted by molar-refractivity contribution is 0.0978. The van der Waals surface area contributed by atoms with Crippen LogP contribution in [0.4, 0.5) is 11.8 Å². The van der Waals surface area contributed by atoms with Crippen molar-refractivity contribution in [2.75, 3.05) is 44.1 Å². The zero-order valence-electron chi connectivity index (χ0n) is 18.7. The Morgan fingerprint density at radius 1 is 1.28 bits per heavy atom. The molecule has 0 amide bonds. The van der Waals surface area contributed by atoms with Crippen molar-refractivity contribution < 1.29 is 13.9 Å². The molecule has 1 aliphatic rings. The fourth-order valence-electron chi connectivity index (χ4n) is 3.92. The molecule has 0 saturated heterocycles. The van der Waals surface area contributed by atoms with Gasteiger partial charge in [-0.3, -0.25) is 4.79 Å². The van der Waals surface area contributed by atoms with Gasteiger partial charge in [0.1, 0.15) is 5.82 Å². The van der Waals surface area contributed by atoms with Crippen LogP contribution in [0.2, 0.25) is 0 Å². The van der Waals surface area contributed by atoms with E-state index in [1.165, 1.54) is 5.56 Å². The van der Waals surface area contributed by atoms with Gasteiger partial charge in [0.25, 0.3) is 0 Å². The number of anilines is 2. The number of nitrogens with one attached hydrogen (secondary N) is 1. The highest BCUT2D eigenvalue weighted by Gasteiger charge is 2.24. The molecule has 3 heterocycles. The third-order valence-corrected chi connectivity index (χ3v) is 5.68. The van der Waals surface area contributed by atoms with Crippen LogP contribution >= 0.6 is 0 Å². The van der Waals surface area contributed by atoms with Gasteiger partial charge in [0.2, 0.25) is 17.7 Å². The predicted octanol–water partition coefficient (Wildman–Crippen LogP) is 3.48. The van der Waals surface area contributed by atoms with Crippen LogP contribution in [0.25, 0.3) is 11.5 Å². The quantitative estimate of drug-likeness (QED) is 0.581. The highest BCUT2D eigenvalue weighted by atomic mass is 16.5. The molecule has 1 aliphatic heterocycles. The van der Waals surface area contributed by atoms with Crippen molar-refractivity contribution in [2.24, 2.45) is 0 Å². The van der Waals surface area contributed by atoms with E-state index >= 15 is 0 Å². The summed E-state index contributed by atoms with van der Waals surface area (Å²) in [6.07, 6.45) is 3.72. The number of methoxy groups -OCH3 is 1. The second-order valence-corrected chi connectivity index (χ2v) is 7.97. The SMILES string of the molecule is COCCNc1ncc2c(n1)N(C)CCC(c1cccc(-c3nnc(C)o3)c1)CCC2=O. The smallest absolute Gasteiger partial charge is 0.247 e. The Morgan fingerprint density at radius 3 is 2.94 bits per heavy atom. The third-order valence-electron chi connectivity index (χ3n) is 5.68. The number of carbonyl (C=O) groups excluding carboxylic acids is 1. The number of benzene rings is 1. The summed E-state index contributed by atoms with van der Waals surface area (Å²) in [5.41, 5.74) is 2.63. The van der Waals surface area contributed by atoms with Gasteiger partial charge in [-0.05, 0) is 36.5 Å². The molecule has 1 N–H and O–H groups in total. The lowest BCUT2D eigenvalue weighted by Crippen LogP contribution is -2.24. The number of hydrogen-bond donors (Lipinski definition) is 1. The van der Waals surface area contributed by atoms with Crippen LogP contribution in [0.1, 0.15) is 47.0 Å². The predicted molar refractivity (Wildman–Crippen MR) is 121 cm³/mol.